The summed E-state index contributed by atoms with van der Waals surface area (Å²) in [5, 5.41) is 3.11. The van der Waals surface area contributed by atoms with Gasteiger partial charge in [0.05, 0.1) is 35.9 Å². The van der Waals surface area contributed by atoms with E-state index in [-0.39, 0.29) is 11.9 Å². The number of thiophene rings is 1. The summed E-state index contributed by atoms with van der Waals surface area (Å²) in [6, 6.07) is 3.73. The summed E-state index contributed by atoms with van der Waals surface area (Å²) < 4.78 is 10.2. The van der Waals surface area contributed by atoms with Crippen LogP contribution in [-0.4, -0.2) is 31.9 Å². The minimum absolute atomic E-state index is 0.250. The summed E-state index contributed by atoms with van der Waals surface area (Å²) in [6.45, 7) is 0. The van der Waals surface area contributed by atoms with Gasteiger partial charge >= 0.3 is 11.9 Å². The lowest BCUT2D eigenvalue weighted by Gasteiger charge is -2.04. The predicted molar refractivity (Wildman–Crippen MR) is 85.5 cm³/mol. The van der Waals surface area contributed by atoms with Gasteiger partial charge in [0.15, 0.2) is 0 Å². The van der Waals surface area contributed by atoms with Gasteiger partial charge in [0.1, 0.15) is 0 Å². The molecule has 0 fully saturated rings. The maximum absolute atomic E-state index is 11.7. The summed E-state index contributed by atoms with van der Waals surface area (Å²) in [4.78, 5) is 23.7. The Morgan fingerprint density at radius 2 is 2.05 bits per heavy atom. The Hall–Kier alpha value is -1.24. The first-order valence-corrected chi connectivity index (χ1v) is 8.29. The average molecular weight is 345 g/mol. The molecule has 0 spiro atoms. The topological polar surface area (TPSA) is 52.6 Å². The second kappa shape index (κ2) is 7.15. The summed E-state index contributed by atoms with van der Waals surface area (Å²) >= 11 is 9.15. The molecule has 0 radical (unpaired) electrons. The van der Waals surface area contributed by atoms with Crippen LogP contribution in [0.1, 0.15) is 16.8 Å². The lowest BCUT2D eigenvalue weighted by Crippen LogP contribution is -2.01. The van der Waals surface area contributed by atoms with E-state index < -0.39 is 0 Å². The molecule has 0 N–H and O–H groups in total. The number of thioether (sulfide) groups is 1. The van der Waals surface area contributed by atoms with E-state index in [4.69, 9.17) is 16.3 Å². The van der Waals surface area contributed by atoms with Gasteiger partial charge in [-0.3, -0.25) is 4.79 Å². The molecule has 21 heavy (non-hydrogen) atoms. The highest BCUT2D eigenvalue weighted by Crippen LogP contribution is 2.36. The van der Waals surface area contributed by atoms with Gasteiger partial charge < -0.3 is 9.47 Å². The van der Waals surface area contributed by atoms with Crippen molar-refractivity contribution in [1.29, 1.82) is 0 Å². The fraction of sp³-hybridized carbons (Fsp3) is 0.286. The van der Waals surface area contributed by atoms with Crippen LogP contribution in [0.5, 0.6) is 0 Å². The molecule has 0 atom stereocenters. The van der Waals surface area contributed by atoms with Gasteiger partial charge in [0, 0.05) is 21.4 Å². The van der Waals surface area contributed by atoms with Crippen LogP contribution < -0.4 is 0 Å². The van der Waals surface area contributed by atoms with Crippen molar-refractivity contribution in [3.63, 3.8) is 0 Å². The molecule has 1 heterocycles. The molecule has 4 nitrogen and oxygen atoms in total. The van der Waals surface area contributed by atoms with E-state index >= 15 is 0 Å². The predicted octanol–water partition coefficient (Wildman–Crippen LogP) is 4.00. The van der Waals surface area contributed by atoms with Crippen molar-refractivity contribution in [3.05, 3.63) is 28.1 Å². The number of carbonyl (C=O) groups excluding carboxylic acids is 2. The van der Waals surface area contributed by atoms with E-state index in [1.54, 1.807) is 5.38 Å². The number of carbonyl (C=O) groups is 2. The van der Waals surface area contributed by atoms with Crippen LogP contribution in [0, 0.1) is 0 Å². The molecule has 0 saturated carbocycles. The van der Waals surface area contributed by atoms with Crippen molar-refractivity contribution < 1.29 is 19.1 Å². The van der Waals surface area contributed by atoms with Gasteiger partial charge in [-0.25, -0.2) is 4.79 Å². The second-order valence-electron chi connectivity index (χ2n) is 4.10. The van der Waals surface area contributed by atoms with Crippen molar-refractivity contribution in [3.8, 4) is 0 Å². The van der Waals surface area contributed by atoms with Crippen LogP contribution in [0.25, 0.3) is 10.1 Å². The molecule has 0 unspecified atom stereocenters. The van der Waals surface area contributed by atoms with Crippen LogP contribution in [-0.2, 0) is 14.3 Å². The molecule has 0 aliphatic heterocycles. The number of ether oxygens (including phenoxy) is 2. The molecule has 1 aromatic heterocycles. The van der Waals surface area contributed by atoms with E-state index in [1.165, 1.54) is 37.3 Å². The van der Waals surface area contributed by atoms with Gasteiger partial charge in [-0.2, -0.15) is 0 Å². The first-order valence-electron chi connectivity index (χ1n) is 6.05. The SMILES string of the molecule is COC(=O)CCSc1cc(Cl)c2scc(C(=O)OC)c2c1. The van der Waals surface area contributed by atoms with Crippen molar-refractivity contribution >= 4 is 56.7 Å². The fourth-order valence-electron chi connectivity index (χ4n) is 1.78. The number of halogens is 1. The highest BCUT2D eigenvalue weighted by Gasteiger charge is 2.15. The lowest BCUT2D eigenvalue weighted by atomic mass is 10.2. The van der Waals surface area contributed by atoms with Crippen molar-refractivity contribution in [2.75, 3.05) is 20.0 Å². The molecule has 0 aliphatic rings. The van der Waals surface area contributed by atoms with Crippen LogP contribution in [0.15, 0.2) is 22.4 Å². The zero-order chi connectivity index (χ0) is 15.4. The summed E-state index contributed by atoms with van der Waals surface area (Å²) in [5.74, 6) is -0.0406. The van der Waals surface area contributed by atoms with E-state index in [0.29, 0.717) is 22.8 Å². The van der Waals surface area contributed by atoms with Gasteiger partial charge in [-0.1, -0.05) is 11.6 Å². The Morgan fingerprint density at radius 1 is 1.29 bits per heavy atom. The molecule has 0 saturated heterocycles. The van der Waals surface area contributed by atoms with Crippen molar-refractivity contribution in [2.45, 2.75) is 11.3 Å². The van der Waals surface area contributed by atoms with Crippen LogP contribution >= 0.6 is 34.7 Å². The number of rotatable bonds is 5. The Morgan fingerprint density at radius 3 is 2.71 bits per heavy atom. The number of esters is 2. The van der Waals surface area contributed by atoms with E-state index in [1.807, 2.05) is 12.1 Å². The van der Waals surface area contributed by atoms with E-state index in [0.717, 1.165) is 15.0 Å². The fourth-order valence-corrected chi connectivity index (χ4v) is 4.03. The van der Waals surface area contributed by atoms with Crippen molar-refractivity contribution in [1.82, 2.24) is 0 Å². The quantitative estimate of drug-likeness (QED) is 0.606. The average Bonchev–Trinajstić information content (AvgIpc) is 2.90. The third kappa shape index (κ3) is 3.70. The van der Waals surface area contributed by atoms with Gasteiger partial charge in [-0.05, 0) is 12.1 Å². The Labute approximate surface area is 135 Å². The minimum Gasteiger partial charge on any atom is -0.469 e. The van der Waals surface area contributed by atoms with Gasteiger partial charge in [0.25, 0.3) is 0 Å². The maximum Gasteiger partial charge on any atom is 0.339 e. The van der Waals surface area contributed by atoms with Crippen LogP contribution in [0.4, 0.5) is 0 Å². The third-order valence-electron chi connectivity index (χ3n) is 2.81. The molecule has 0 bridgehead atoms. The number of hydrogen-bond donors (Lipinski definition) is 0. The molecule has 7 heteroatoms. The Bertz CT molecular complexity index is 681. The smallest absolute Gasteiger partial charge is 0.339 e. The first kappa shape index (κ1) is 16.1. The standard InChI is InChI=1S/C14H13ClO4S2/c1-18-12(16)3-4-20-8-5-9-10(14(17)19-2)7-21-13(9)11(15)6-8/h5-7H,3-4H2,1-2H3. The van der Waals surface area contributed by atoms with E-state index in [2.05, 4.69) is 4.74 Å². The van der Waals surface area contributed by atoms with Crippen molar-refractivity contribution in [2.24, 2.45) is 0 Å². The molecule has 2 rings (SSSR count). The number of fused-ring (bicyclic) bond motifs is 1. The zero-order valence-corrected chi connectivity index (χ0v) is 13.9. The number of methoxy groups -OCH3 is 2. The van der Waals surface area contributed by atoms with Crippen LogP contribution in [0.3, 0.4) is 0 Å². The zero-order valence-electron chi connectivity index (χ0n) is 11.5. The molecule has 2 aromatic rings. The Balaban J connectivity index is 2.25. The highest BCUT2D eigenvalue weighted by atomic mass is 35.5. The highest BCUT2D eigenvalue weighted by molar-refractivity contribution is 7.99. The summed E-state index contributed by atoms with van der Waals surface area (Å²) in [7, 11) is 2.71. The molecule has 112 valence electrons. The molecule has 1 aromatic carbocycles. The van der Waals surface area contributed by atoms with Crippen LogP contribution in [0.2, 0.25) is 5.02 Å². The molecule has 0 aliphatic carbocycles. The van der Waals surface area contributed by atoms with Gasteiger partial charge in [-0.15, -0.1) is 23.1 Å². The Kier molecular flexibility index (Phi) is 5.50. The lowest BCUT2D eigenvalue weighted by molar-refractivity contribution is -0.140. The first-order chi connectivity index (χ1) is 10.1. The minimum atomic E-state index is -0.381. The number of benzene rings is 1. The maximum atomic E-state index is 11.7. The summed E-state index contributed by atoms with van der Waals surface area (Å²) in [5.41, 5.74) is 0.509. The third-order valence-corrected chi connectivity index (χ3v) is 5.23. The number of hydrogen-bond acceptors (Lipinski definition) is 6. The molecular formula is C14H13ClO4S2. The normalized spacial score (nSPS) is 10.6. The van der Waals surface area contributed by atoms with Gasteiger partial charge in [0.2, 0.25) is 0 Å². The molecular weight excluding hydrogens is 332 g/mol. The second-order valence-corrected chi connectivity index (χ2v) is 6.55. The molecule has 0 amide bonds. The van der Waals surface area contributed by atoms with E-state index in [9.17, 15) is 9.59 Å². The monoisotopic (exact) mass is 344 g/mol. The summed E-state index contributed by atoms with van der Waals surface area (Å²) in [6.07, 6.45) is 0.324. The largest absolute Gasteiger partial charge is 0.469 e.